The van der Waals surface area contributed by atoms with E-state index < -0.39 is 0 Å². The second-order valence-corrected chi connectivity index (χ2v) is 3.29. The number of ether oxygens (including phenoxy) is 1. The van der Waals surface area contributed by atoms with Gasteiger partial charge in [-0.25, -0.2) is 0 Å². The van der Waals surface area contributed by atoms with Crippen molar-refractivity contribution in [3.8, 4) is 5.75 Å². The molecule has 2 heteroatoms. The maximum absolute atomic E-state index is 5.77. The highest BCUT2D eigenvalue weighted by Crippen LogP contribution is 2.17. The molecule has 0 spiro atoms. The van der Waals surface area contributed by atoms with Gasteiger partial charge < -0.3 is 10.5 Å². The van der Waals surface area contributed by atoms with Crippen LogP contribution in [0.2, 0.25) is 0 Å². The first kappa shape index (κ1) is 10.8. The summed E-state index contributed by atoms with van der Waals surface area (Å²) in [6, 6.07) is 7.94. The van der Waals surface area contributed by atoms with Gasteiger partial charge in [0.1, 0.15) is 5.75 Å². The monoisotopic (exact) mass is 191 g/mol. The standard InChI is InChI=1S/C12H17NO/c1-3-4-8-14-12-7-5-6-11(9-12)10(2)13/h3,5-7,9-10H,1,4,8,13H2,2H3. The van der Waals surface area contributed by atoms with Crippen molar-refractivity contribution in [1.29, 1.82) is 0 Å². The van der Waals surface area contributed by atoms with E-state index in [0.717, 1.165) is 17.7 Å². The number of benzene rings is 1. The Bertz CT molecular complexity index is 294. The third-order valence-corrected chi connectivity index (χ3v) is 1.97. The molecule has 0 saturated carbocycles. The minimum absolute atomic E-state index is 0.0537. The number of nitrogens with two attached hydrogens (primary N) is 1. The van der Waals surface area contributed by atoms with Crippen LogP contribution in [-0.2, 0) is 0 Å². The van der Waals surface area contributed by atoms with Gasteiger partial charge in [0.25, 0.3) is 0 Å². The Morgan fingerprint density at radius 2 is 2.36 bits per heavy atom. The van der Waals surface area contributed by atoms with Gasteiger partial charge in [-0.05, 0) is 31.0 Å². The van der Waals surface area contributed by atoms with Gasteiger partial charge in [0.15, 0.2) is 0 Å². The summed E-state index contributed by atoms with van der Waals surface area (Å²) in [5, 5.41) is 0. The number of hydrogen-bond acceptors (Lipinski definition) is 2. The normalized spacial score (nSPS) is 12.1. The van der Waals surface area contributed by atoms with Crippen LogP contribution in [0.5, 0.6) is 5.75 Å². The van der Waals surface area contributed by atoms with E-state index in [9.17, 15) is 0 Å². The Kier molecular flexibility index (Phi) is 4.20. The van der Waals surface area contributed by atoms with Crippen molar-refractivity contribution in [2.75, 3.05) is 6.61 Å². The predicted octanol–water partition coefficient (Wildman–Crippen LogP) is 2.66. The van der Waals surface area contributed by atoms with Crippen LogP contribution in [0.15, 0.2) is 36.9 Å². The van der Waals surface area contributed by atoms with E-state index in [1.165, 1.54) is 0 Å². The fourth-order valence-corrected chi connectivity index (χ4v) is 1.15. The van der Waals surface area contributed by atoms with Crippen LogP contribution in [0.25, 0.3) is 0 Å². The van der Waals surface area contributed by atoms with Crippen molar-refractivity contribution >= 4 is 0 Å². The lowest BCUT2D eigenvalue weighted by Gasteiger charge is -2.09. The van der Waals surface area contributed by atoms with E-state index in [-0.39, 0.29) is 6.04 Å². The molecule has 0 amide bonds. The summed E-state index contributed by atoms with van der Waals surface area (Å²) in [5.74, 6) is 0.877. The maximum Gasteiger partial charge on any atom is 0.119 e. The predicted molar refractivity (Wildman–Crippen MR) is 59.4 cm³/mol. The van der Waals surface area contributed by atoms with Gasteiger partial charge in [-0.3, -0.25) is 0 Å². The molecular weight excluding hydrogens is 174 g/mol. The minimum atomic E-state index is 0.0537. The Morgan fingerprint density at radius 1 is 1.57 bits per heavy atom. The van der Waals surface area contributed by atoms with E-state index >= 15 is 0 Å². The van der Waals surface area contributed by atoms with Crippen LogP contribution in [0.1, 0.15) is 24.9 Å². The molecule has 0 aliphatic carbocycles. The molecule has 0 radical (unpaired) electrons. The zero-order valence-electron chi connectivity index (χ0n) is 8.57. The largest absolute Gasteiger partial charge is 0.493 e. The highest BCUT2D eigenvalue weighted by atomic mass is 16.5. The molecule has 0 aromatic heterocycles. The Hall–Kier alpha value is -1.28. The Balaban J connectivity index is 2.59. The van der Waals surface area contributed by atoms with Crippen LogP contribution in [0.4, 0.5) is 0 Å². The molecule has 1 aromatic rings. The summed E-state index contributed by atoms with van der Waals surface area (Å²) in [5.41, 5.74) is 6.86. The first-order valence-corrected chi connectivity index (χ1v) is 4.83. The third kappa shape index (κ3) is 3.23. The fraction of sp³-hybridized carbons (Fsp3) is 0.333. The van der Waals surface area contributed by atoms with E-state index in [0.29, 0.717) is 6.61 Å². The smallest absolute Gasteiger partial charge is 0.119 e. The quantitative estimate of drug-likeness (QED) is 0.573. The van der Waals surface area contributed by atoms with Crippen molar-refractivity contribution in [2.45, 2.75) is 19.4 Å². The molecule has 0 heterocycles. The van der Waals surface area contributed by atoms with Gasteiger partial charge in [0, 0.05) is 6.04 Å². The molecule has 1 atom stereocenters. The van der Waals surface area contributed by atoms with Crippen LogP contribution >= 0.6 is 0 Å². The number of rotatable bonds is 5. The molecule has 0 aliphatic heterocycles. The summed E-state index contributed by atoms with van der Waals surface area (Å²) in [4.78, 5) is 0. The molecule has 1 aromatic carbocycles. The fourth-order valence-electron chi connectivity index (χ4n) is 1.15. The van der Waals surface area contributed by atoms with Crippen LogP contribution < -0.4 is 10.5 Å². The van der Waals surface area contributed by atoms with Gasteiger partial charge in [0.05, 0.1) is 6.61 Å². The van der Waals surface area contributed by atoms with Crippen LogP contribution in [0.3, 0.4) is 0 Å². The van der Waals surface area contributed by atoms with Crippen molar-refractivity contribution in [3.05, 3.63) is 42.5 Å². The molecule has 1 unspecified atom stereocenters. The third-order valence-electron chi connectivity index (χ3n) is 1.97. The molecule has 1 rings (SSSR count). The topological polar surface area (TPSA) is 35.2 Å². The summed E-state index contributed by atoms with van der Waals surface area (Å²) in [6.45, 7) is 6.27. The van der Waals surface area contributed by atoms with Gasteiger partial charge in [-0.2, -0.15) is 0 Å². The van der Waals surface area contributed by atoms with Crippen LogP contribution in [-0.4, -0.2) is 6.61 Å². The van der Waals surface area contributed by atoms with Gasteiger partial charge >= 0.3 is 0 Å². The average molecular weight is 191 g/mol. The lowest BCUT2D eigenvalue weighted by molar-refractivity contribution is 0.324. The molecule has 0 saturated heterocycles. The SMILES string of the molecule is C=CCCOc1cccc(C(C)N)c1. The van der Waals surface area contributed by atoms with Gasteiger partial charge in [-0.1, -0.05) is 18.2 Å². The zero-order chi connectivity index (χ0) is 10.4. The van der Waals surface area contributed by atoms with Crippen molar-refractivity contribution in [1.82, 2.24) is 0 Å². The first-order chi connectivity index (χ1) is 6.74. The highest BCUT2D eigenvalue weighted by molar-refractivity contribution is 5.30. The maximum atomic E-state index is 5.77. The second kappa shape index (κ2) is 5.45. The summed E-state index contributed by atoms with van der Waals surface area (Å²) < 4.78 is 5.51. The molecule has 2 nitrogen and oxygen atoms in total. The summed E-state index contributed by atoms with van der Waals surface area (Å²) in [7, 11) is 0. The van der Waals surface area contributed by atoms with Crippen LogP contribution in [0, 0.1) is 0 Å². The highest BCUT2D eigenvalue weighted by Gasteiger charge is 2.00. The molecule has 14 heavy (non-hydrogen) atoms. The molecule has 0 aliphatic rings. The Morgan fingerprint density at radius 3 is 3.00 bits per heavy atom. The van der Waals surface area contributed by atoms with E-state index in [1.54, 1.807) is 0 Å². The van der Waals surface area contributed by atoms with Crippen molar-refractivity contribution in [3.63, 3.8) is 0 Å². The molecule has 0 fully saturated rings. The second-order valence-electron chi connectivity index (χ2n) is 3.29. The minimum Gasteiger partial charge on any atom is -0.493 e. The summed E-state index contributed by atoms with van der Waals surface area (Å²) in [6.07, 6.45) is 2.71. The first-order valence-electron chi connectivity index (χ1n) is 4.83. The van der Waals surface area contributed by atoms with E-state index in [4.69, 9.17) is 10.5 Å². The molecule has 76 valence electrons. The molecule has 0 bridgehead atoms. The molecule has 2 N–H and O–H groups in total. The van der Waals surface area contributed by atoms with E-state index in [2.05, 4.69) is 6.58 Å². The van der Waals surface area contributed by atoms with Gasteiger partial charge in [-0.15, -0.1) is 6.58 Å². The van der Waals surface area contributed by atoms with Crippen molar-refractivity contribution < 1.29 is 4.74 Å². The van der Waals surface area contributed by atoms with Gasteiger partial charge in [0.2, 0.25) is 0 Å². The zero-order valence-corrected chi connectivity index (χ0v) is 8.57. The number of hydrogen-bond donors (Lipinski definition) is 1. The lowest BCUT2D eigenvalue weighted by atomic mass is 10.1. The summed E-state index contributed by atoms with van der Waals surface area (Å²) >= 11 is 0. The van der Waals surface area contributed by atoms with Crippen molar-refractivity contribution in [2.24, 2.45) is 5.73 Å². The average Bonchev–Trinajstić information content (AvgIpc) is 2.19. The lowest BCUT2D eigenvalue weighted by Crippen LogP contribution is -2.05. The Labute approximate surface area is 85.4 Å². The molecular formula is C12H17NO. The van der Waals surface area contributed by atoms with E-state index in [1.807, 2.05) is 37.3 Å².